The third kappa shape index (κ3) is 3.68. The highest BCUT2D eigenvalue weighted by atomic mass is 19.3. The molecule has 1 saturated heterocycles. The number of hydrogen-bond donors (Lipinski definition) is 1. The molecule has 1 aromatic rings. The van der Waals surface area contributed by atoms with Gasteiger partial charge < -0.3 is 14.7 Å². The average Bonchev–Trinajstić information content (AvgIpc) is 2.46. The highest BCUT2D eigenvalue weighted by Crippen LogP contribution is 2.21. The van der Waals surface area contributed by atoms with Gasteiger partial charge in [0.1, 0.15) is 11.8 Å². The van der Waals surface area contributed by atoms with Gasteiger partial charge in [-0.05, 0) is 43.5 Å². The van der Waals surface area contributed by atoms with E-state index in [0.29, 0.717) is 13.0 Å². The SMILES string of the molecule is O=C(O)[C@H]1CCCCN1C(=O)c1ccc(OC(F)F)cc1. The number of piperidine rings is 1. The first-order valence-electron chi connectivity index (χ1n) is 6.57. The Kier molecular flexibility index (Phi) is 4.72. The van der Waals surface area contributed by atoms with E-state index in [1.54, 1.807) is 0 Å². The van der Waals surface area contributed by atoms with Crippen molar-refractivity contribution in [2.75, 3.05) is 6.54 Å². The van der Waals surface area contributed by atoms with Gasteiger partial charge >= 0.3 is 12.6 Å². The lowest BCUT2D eigenvalue weighted by Gasteiger charge is -2.33. The van der Waals surface area contributed by atoms with Crippen LogP contribution in [0, 0.1) is 0 Å². The van der Waals surface area contributed by atoms with Gasteiger partial charge in [-0.1, -0.05) is 0 Å². The maximum Gasteiger partial charge on any atom is 0.387 e. The van der Waals surface area contributed by atoms with Crippen molar-refractivity contribution in [3.8, 4) is 5.75 Å². The average molecular weight is 299 g/mol. The second-order valence-corrected chi connectivity index (χ2v) is 4.75. The summed E-state index contributed by atoms with van der Waals surface area (Å²) in [5.41, 5.74) is 0.254. The minimum absolute atomic E-state index is 0.0463. The number of likely N-dealkylation sites (tertiary alicyclic amines) is 1. The maximum absolute atomic E-state index is 12.3. The van der Waals surface area contributed by atoms with Crippen LogP contribution < -0.4 is 4.74 Å². The standard InChI is InChI=1S/C14H15F2NO4/c15-14(16)21-10-6-4-9(5-7-10)12(18)17-8-2-1-3-11(17)13(19)20/h4-7,11,14H,1-3,8H2,(H,19,20)/t11-/m1/s1. The van der Waals surface area contributed by atoms with E-state index in [1.807, 2.05) is 0 Å². The zero-order valence-electron chi connectivity index (χ0n) is 11.2. The topological polar surface area (TPSA) is 66.8 Å². The Hall–Kier alpha value is -2.18. The van der Waals surface area contributed by atoms with Crippen LogP contribution in [-0.4, -0.2) is 41.1 Å². The van der Waals surface area contributed by atoms with Gasteiger partial charge in [0, 0.05) is 12.1 Å². The number of carboxylic acids is 1. The van der Waals surface area contributed by atoms with Crippen LogP contribution in [0.2, 0.25) is 0 Å². The first-order valence-corrected chi connectivity index (χ1v) is 6.57. The van der Waals surface area contributed by atoms with Crippen LogP contribution in [0.25, 0.3) is 0 Å². The van der Waals surface area contributed by atoms with E-state index in [2.05, 4.69) is 4.74 Å². The predicted octanol–water partition coefficient (Wildman–Crippen LogP) is 2.37. The Morgan fingerprint density at radius 3 is 2.48 bits per heavy atom. The maximum atomic E-state index is 12.3. The first-order chi connectivity index (χ1) is 9.99. The summed E-state index contributed by atoms with van der Waals surface area (Å²) in [6.07, 6.45) is 1.94. The Morgan fingerprint density at radius 2 is 1.90 bits per heavy atom. The van der Waals surface area contributed by atoms with Gasteiger partial charge in [-0.2, -0.15) is 8.78 Å². The summed E-state index contributed by atoms with van der Waals surface area (Å²) in [6.45, 7) is -2.55. The molecule has 1 atom stereocenters. The molecular weight excluding hydrogens is 284 g/mol. The molecule has 0 aliphatic carbocycles. The van der Waals surface area contributed by atoms with Crippen LogP contribution in [0.5, 0.6) is 5.75 Å². The third-order valence-corrected chi connectivity index (χ3v) is 3.38. The second-order valence-electron chi connectivity index (χ2n) is 4.75. The normalized spacial score (nSPS) is 18.6. The summed E-state index contributed by atoms with van der Waals surface area (Å²) in [5, 5.41) is 9.15. The molecule has 1 amide bonds. The highest BCUT2D eigenvalue weighted by molar-refractivity contribution is 5.96. The molecule has 114 valence electrons. The summed E-state index contributed by atoms with van der Waals surface area (Å²) < 4.78 is 28.3. The molecule has 7 heteroatoms. The number of nitrogens with zero attached hydrogens (tertiary/aromatic N) is 1. The van der Waals surface area contributed by atoms with Crippen molar-refractivity contribution in [2.45, 2.75) is 31.9 Å². The molecule has 1 fully saturated rings. The number of amides is 1. The molecule has 0 spiro atoms. The van der Waals surface area contributed by atoms with Crippen molar-refractivity contribution < 1.29 is 28.2 Å². The van der Waals surface area contributed by atoms with Crippen molar-refractivity contribution in [1.29, 1.82) is 0 Å². The van der Waals surface area contributed by atoms with E-state index in [9.17, 15) is 18.4 Å². The first kappa shape index (κ1) is 15.2. The van der Waals surface area contributed by atoms with Crippen molar-refractivity contribution in [2.24, 2.45) is 0 Å². The molecule has 1 aliphatic heterocycles. The van der Waals surface area contributed by atoms with E-state index in [4.69, 9.17) is 5.11 Å². The van der Waals surface area contributed by atoms with E-state index >= 15 is 0 Å². The molecule has 0 saturated carbocycles. The van der Waals surface area contributed by atoms with E-state index in [-0.39, 0.29) is 11.3 Å². The van der Waals surface area contributed by atoms with Crippen molar-refractivity contribution in [3.63, 3.8) is 0 Å². The largest absolute Gasteiger partial charge is 0.480 e. The predicted molar refractivity (Wildman–Crippen MR) is 69.4 cm³/mol. The summed E-state index contributed by atoms with van der Waals surface area (Å²) in [6, 6.07) is 4.41. The Morgan fingerprint density at radius 1 is 1.24 bits per heavy atom. The molecule has 0 bridgehead atoms. The van der Waals surface area contributed by atoms with E-state index in [1.165, 1.54) is 29.2 Å². The van der Waals surface area contributed by atoms with Crippen LogP contribution in [0.3, 0.4) is 0 Å². The second kappa shape index (κ2) is 6.51. The Labute approximate surface area is 120 Å². The Bertz CT molecular complexity index is 518. The number of hydrogen-bond acceptors (Lipinski definition) is 3. The summed E-state index contributed by atoms with van der Waals surface area (Å²) in [7, 11) is 0. The van der Waals surface area contributed by atoms with Crippen LogP contribution in [0.4, 0.5) is 8.78 Å². The number of rotatable bonds is 4. The van der Waals surface area contributed by atoms with Gasteiger partial charge in [0.25, 0.3) is 5.91 Å². The molecule has 1 N–H and O–H groups in total. The fraction of sp³-hybridized carbons (Fsp3) is 0.429. The molecule has 1 aromatic carbocycles. The quantitative estimate of drug-likeness (QED) is 0.927. The van der Waals surface area contributed by atoms with Crippen molar-refractivity contribution in [3.05, 3.63) is 29.8 Å². The molecule has 0 unspecified atom stereocenters. The number of carbonyl (C=O) groups excluding carboxylic acids is 1. The summed E-state index contributed by atoms with van der Waals surface area (Å²) in [4.78, 5) is 24.8. The Balaban J connectivity index is 2.12. The molecule has 1 aliphatic rings. The van der Waals surface area contributed by atoms with E-state index in [0.717, 1.165) is 12.8 Å². The van der Waals surface area contributed by atoms with Crippen LogP contribution >= 0.6 is 0 Å². The number of aliphatic carboxylic acids is 1. The van der Waals surface area contributed by atoms with Gasteiger partial charge in [-0.25, -0.2) is 4.79 Å². The zero-order valence-corrected chi connectivity index (χ0v) is 11.2. The lowest BCUT2D eigenvalue weighted by Crippen LogP contribution is -2.47. The fourth-order valence-electron chi connectivity index (χ4n) is 2.38. The molecule has 2 rings (SSSR count). The third-order valence-electron chi connectivity index (χ3n) is 3.38. The molecule has 0 radical (unpaired) electrons. The lowest BCUT2D eigenvalue weighted by atomic mass is 10.0. The number of carboxylic acid groups (broad SMARTS) is 1. The molecular formula is C14H15F2NO4. The lowest BCUT2D eigenvalue weighted by molar-refractivity contribution is -0.143. The number of carbonyl (C=O) groups is 2. The molecule has 1 heterocycles. The molecule has 21 heavy (non-hydrogen) atoms. The smallest absolute Gasteiger partial charge is 0.387 e. The van der Waals surface area contributed by atoms with E-state index < -0.39 is 24.5 Å². The van der Waals surface area contributed by atoms with Gasteiger partial charge in [-0.15, -0.1) is 0 Å². The van der Waals surface area contributed by atoms with Crippen LogP contribution in [0.1, 0.15) is 29.6 Å². The summed E-state index contributed by atoms with van der Waals surface area (Å²) in [5.74, 6) is -1.48. The summed E-state index contributed by atoms with van der Waals surface area (Å²) >= 11 is 0. The van der Waals surface area contributed by atoms with Gasteiger partial charge in [0.2, 0.25) is 0 Å². The molecule has 5 nitrogen and oxygen atoms in total. The number of benzene rings is 1. The minimum atomic E-state index is -2.93. The zero-order chi connectivity index (χ0) is 15.4. The van der Waals surface area contributed by atoms with Crippen molar-refractivity contribution in [1.82, 2.24) is 4.90 Å². The number of halogens is 2. The van der Waals surface area contributed by atoms with Gasteiger partial charge in [-0.3, -0.25) is 4.79 Å². The van der Waals surface area contributed by atoms with Gasteiger partial charge in [0.15, 0.2) is 0 Å². The number of alkyl halides is 2. The van der Waals surface area contributed by atoms with Crippen LogP contribution in [-0.2, 0) is 4.79 Å². The van der Waals surface area contributed by atoms with Crippen molar-refractivity contribution >= 4 is 11.9 Å². The van der Waals surface area contributed by atoms with Gasteiger partial charge in [0.05, 0.1) is 0 Å². The molecule has 0 aromatic heterocycles. The van der Waals surface area contributed by atoms with Crippen LogP contribution in [0.15, 0.2) is 24.3 Å². The highest BCUT2D eigenvalue weighted by Gasteiger charge is 2.32. The monoisotopic (exact) mass is 299 g/mol. The fourth-order valence-corrected chi connectivity index (χ4v) is 2.38. The number of ether oxygens (including phenoxy) is 1. The minimum Gasteiger partial charge on any atom is -0.480 e.